The minimum absolute atomic E-state index is 0.191. The Labute approximate surface area is 197 Å². The highest BCUT2D eigenvalue weighted by molar-refractivity contribution is 5.87. The van der Waals surface area contributed by atoms with Crippen LogP contribution in [0.1, 0.15) is 69.8 Å². The fraction of sp³-hybridized carbons (Fsp3) is 0.679. The Hall–Kier alpha value is -1.69. The van der Waals surface area contributed by atoms with E-state index in [1.165, 1.54) is 22.4 Å². The normalized spacial score (nSPS) is 39.4. The summed E-state index contributed by atoms with van der Waals surface area (Å²) < 4.78 is 12.0. The van der Waals surface area contributed by atoms with Crippen LogP contribution in [0.15, 0.2) is 35.4 Å². The van der Waals surface area contributed by atoms with Gasteiger partial charge in [-0.05, 0) is 67.2 Å². The number of aliphatic hydroxyl groups is 1. The lowest BCUT2D eigenvalue weighted by molar-refractivity contribution is -0.208. The third-order valence-corrected chi connectivity index (χ3v) is 9.75. The van der Waals surface area contributed by atoms with Crippen molar-refractivity contribution in [2.45, 2.75) is 75.6 Å². The summed E-state index contributed by atoms with van der Waals surface area (Å²) in [6.07, 6.45) is 6.45. The smallest absolute Gasteiger partial charge is 0.171 e. The largest absolute Gasteiger partial charge is 0.385 e. The molecule has 4 aliphatic carbocycles. The van der Waals surface area contributed by atoms with Crippen molar-refractivity contribution in [1.82, 2.24) is 0 Å². The van der Waals surface area contributed by atoms with Gasteiger partial charge in [-0.15, -0.1) is 0 Å². The van der Waals surface area contributed by atoms with Gasteiger partial charge in [0.1, 0.15) is 5.78 Å². The van der Waals surface area contributed by atoms with E-state index in [9.17, 15) is 9.90 Å². The summed E-state index contributed by atoms with van der Waals surface area (Å²) in [6.45, 7) is 3.47. The van der Waals surface area contributed by atoms with Crippen LogP contribution in [-0.4, -0.2) is 49.6 Å². The van der Waals surface area contributed by atoms with Crippen LogP contribution in [0, 0.1) is 17.3 Å². The number of ketones is 1. The summed E-state index contributed by atoms with van der Waals surface area (Å²) in [5, 5.41) is 12.0. The average molecular weight is 452 g/mol. The zero-order valence-electron chi connectivity index (χ0n) is 20.2. The Morgan fingerprint density at radius 3 is 2.45 bits per heavy atom. The van der Waals surface area contributed by atoms with Crippen LogP contribution in [0.3, 0.4) is 0 Å². The quantitative estimate of drug-likeness (QED) is 0.667. The molecule has 0 bridgehead atoms. The molecule has 4 fully saturated rings. The van der Waals surface area contributed by atoms with E-state index in [1.54, 1.807) is 0 Å². The van der Waals surface area contributed by atoms with Crippen molar-refractivity contribution in [2.75, 3.05) is 32.2 Å². The summed E-state index contributed by atoms with van der Waals surface area (Å²) in [7, 11) is 4.12. The number of hydrogen-bond acceptors (Lipinski definition) is 5. The van der Waals surface area contributed by atoms with Crippen molar-refractivity contribution < 1.29 is 19.4 Å². The van der Waals surface area contributed by atoms with E-state index < -0.39 is 11.4 Å². The van der Waals surface area contributed by atoms with Gasteiger partial charge in [-0.2, -0.15) is 0 Å². The number of allylic oxidation sites excluding steroid dienone is 1. The Kier molecular flexibility index (Phi) is 4.89. The molecule has 178 valence electrons. The zero-order chi connectivity index (χ0) is 23.0. The van der Waals surface area contributed by atoms with E-state index >= 15 is 0 Å². The molecule has 1 aliphatic heterocycles. The summed E-state index contributed by atoms with van der Waals surface area (Å²) in [5.74, 6) is 0.826. The summed E-state index contributed by atoms with van der Waals surface area (Å²) in [6, 6.07) is 8.86. The first-order chi connectivity index (χ1) is 15.7. The number of nitrogens with zero attached hydrogens (tertiary/aromatic N) is 1. The van der Waals surface area contributed by atoms with Crippen molar-refractivity contribution in [2.24, 2.45) is 17.3 Å². The first-order valence-corrected chi connectivity index (χ1v) is 12.8. The van der Waals surface area contributed by atoms with Gasteiger partial charge in [0.25, 0.3) is 0 Å². The number of ether oxygens (including phenoxy) is 2. The molecule has 5 heteroatoms. The topological polar surface area (TPSA) is 59.0 Å². The molecule has 5 atom stereocenters. The van der Waals surface area contributed by atoms with Gasteiger partial charge in [0.05, 0.1) is 18.8 Å². The van der Waals surface area contributed by atoms with Crippen LogP contribution in [-0.2, 0) is 14.3 Å². The van der Waals surface area contributed by atoms with E-state index in [1.807, 2.05) is 0 Å². The van der Waals surface area contributed by atoms with Gasteiger partial charge in [0.15, 0.2) is 5.79 Å². The predicted molar refractivity (Wildman–Crippen MR) is 127 cm³/mol. The molecule has 1 spiro atoms. The van der Waals surface area contributed by atoms with Crippen molar-refractivity contribution in [3.05, 3.63) is 41.0 Å². The summed E-state index contributed by atoms with van der Waals surface area (Å²) in [4.78, 5) is 15.3. The standard InChI is InChI=1S/C28H37NO4/c1-26-16-21(18-4-6-19(7-5-18)29(2)3)25-20(22(26)8-9-24(26)30)10-12-27(31)17-28(13-11-23(25)27)32-14-15-33-28/h4-7,20-22,31H,8-17H2,1-3H3/t20?,21-,22?,26-,27-/m1/s1. The highest BCUT2D eigenvalue weighted by atomic mass is 16.7. The lowest BCUT2D eigenvalue weighted by Crippen LogP contribution is -2.53. The van der Waals surface area contributed by atoms with Crippen LogP contribution in [0.5, 0.6) is 0 Å². The van der Waals surface area contributed by atoms with Gasteiger partial charge < -0.3 is 19.5 Å². The molecule has 5 nitrogen and oxygen atoms in total. The number of rotatable bonds is 2. The van der Waals surface area contributed by atoms with E-state index in [0.717, 1.165) is 38.5 Å². The van der Waals surface area contributed by atoms with Crippen molar-refractivity contribution in [3.63, 3.8) is 0 Å². The Bertz CT molecular complexity index is 992. The van der Waals surface area contributed by atoms with Crippen molar-refractivity contribution in [3.8, 4) is 0 Å². The predicted octanol–water partition coefficient (Wildman–Crippen LogP) is 4.59. The Balaban J connectivity index is 1.46. The SMILES string of the molecule is CN(C)c1ccc([C@H]2C[C@@]3(C)C(=O)CCC3C3CC[C@@]4(O)CC5(CCC4=C32)OCCO5)cc1. The second kappa shape index (κ2) is 7.40. The van der Waals surface area contributed by atoms with Gasteiger partial charge in [-0.3, -0.25) is 4.79 Å². The average Bonchev–Trinajstić information content (AvgIpc) is 3.36. The van der Waals surface area contributed by atoms with E-state index in [0.29, 0.717) is 43.7 Å². The maximum atomic E-state index is 13.1. The molecule has 0 radical (unpaired) electrons. The number of Topliss-reactive ketones (excluding diaryl/α,β-unsaturated/α-hetero) is 1. The van der Waals surface area contributed by atoms with Gasteiger partial charge in [-0.1, -0.05) is 24.6 Å². The molecule has 1 N–H and O–H groups in total. The maximum absolute atomic E-state index is 13.1. The third kappa shape index (κ3) is 3.19. The number of hydrogen-bond donors (Lipinski definition) is 1. The molecule has 2 unspecified atom stereocenters. The number of anilines is 1. The zero-order valence-corrected chi connectivity index (χ0v) is 20.2. The molecule has 6 rings (SSSR count). The van der Waals surface area contributed by atoms with Crippen molar-refractivity contribution >= 4 is 11.5 Å². The molecule has 1 aromatic carbocycles. The lowest BCUT2D eigenvalue weighted by atomic mass is 9.51. The Morgan fingerprint density at radius 1 is 1.03 bits per heavy atom. The minimum atomic E-state index is -0.855. The monoisotopic (exact) mass is 451 g/mol. The van der Waals surface area contributed by atoms with Crippen LogP contribution in [0.2, 0.25) is 0 Å². The van der Waals surface area contributed by atoms with Gasteiger partial charge in [0.2, 0.25) is 0 Å². The first kappa shape index (κ1) is 21.8. The van der Waals surface area contributed by atoms with Crippen LogP contribution in [0.4, 0.5) is 5.69 Å². The van der Waals surface area contributed by atoms with E-state index in [2.05, 4.69) is 50.2 Å². The number of carbonyl (C=O) groups excluding carboxylic acids is 1. The number of carbonyl (C=O) groups is 1. The van der Waals surface area contributed by atoms with Crippen LogP contribution < -0.4 is 4.90 Å². The van der Waals surface area contributed by atoms with Gasteiger partial charge in [0, 0.05) is 50.4 Å². The van der Waals surface area contributed by atoms with E-state index in [-0.39, 0.29) is 11.3 Å². The second-order valence-electron chi connectivity index (χ2n) is 11.6. The van der Waals surface area contributed by atoms with E-state index in [4.69, 9.17) is 9.47 Å². The molecule has 1 saturated heterocycles. The summed E-state index contributed by atoms with van der Waals surface area (Å²) >= 11 is 0. The fourth-order valence-electron chi connectivity index (χ4n) is 8.09. The fourth-order valence-corrected chi connectivity index (χ4v) is 8.09. The molecule has 0 aromatic heterocycles. The molecular formula is C28H37NO4. The first-order valence-electron chi connectivity index (χ1n) is 12.8. The molecule has 5 aliphatic rings. The highest BCUT2D eigenvalue weighted by Gasteiger charge is 2.60. The van der Waals surface area contributed by atoms with Gasteiger partial charge in [-0.25, -0.2) is 0 Å². The molecule has 1 aromatic rings. The molecule has 33 heavy (non-hydrogen) atoms. The minimum Gasteiger partial charge on any atom is -0.385 e. The highest BCUT2D eigenvalue weighted by Crippen LogP contribution is 2.64. The Morgan fingerprint density at radius 2 is 1.76 bits per heavy atom. The number of fused-ring (bicyclic) bond motifs is 4. The molecule has 1 heterocycles. The van der Waals surface area contributed by atoms with Crippen LogP contribution >= 0.6 is 0 Å². The molecule has 3 saturated carbocycles. The third-order valence-electron chi connectivity index (χ3n) is 9.75. The maximum Gasteiger partial charge on any atom is 0.171 e. The molecule has 0 amide bonds. The summed E-state index contributed by atoms with van der Waals surface area (Å²) in [5.41, 5.74) is 4.05. The number of benzene rings is 1. The van der Waals surface area contributed by atoms with Crippen molar-refractivity contribution in [1.29, 1.82) is 0 Å². The van der Waals surface area contributed by atoms with Gasteiger partial charge >= 0.3 is 0 Å². The van der Waals surface area contributed by atoms with Crippen LogP contribution in [0.25, 0.3) is 0 Å². The lowest BCUT2D eigenvalue weighted by Gasteiger charge is -2.55. The second-order valence-corrected chi connectivity index (χ2v) is 11.6. The molecular weight excluding hydrogens is 414 g/mol.